The molecule has 0 spiro atoms. The van der Waals surface area contributed by atoms with E-state index in [1.54, 1.807) is 6.92 Å². The van der Waals surface area contributed by atoms with Crippen LogP contribution in [0.1, 0.15) is 26.2 Å². The molecule has 3 atom stereocenters. The molecule has 0 aromatic heterocycles. The number of hydrogen-bond acceptors (Lipinski definition) is 3. The first-order valence-corrected chi connectivity index (χ1v) is 5.20. The summed E-state index contributed by atoms with van der Waals surface area (Å²) >= 11 is 0. The van der Waals surface area contributed by atoms with Gasteiger partial charge >= 0.3 is 0 Å². The minimum absolute atomic E-state index is 0.349. The van der Waals surface area contributed by atoms with Crippen molar-refractivity contribution < 1.29 is 9.84 Å². The van der Waals surface area contributed by atoms with Gasteiger partial charge in [-0.3, -0.25) is 0 Å². The smallest absolute Gasteiger partial charge is 0.0745 e. The Labute approximate surface area is 80.3 Å². The summed E-state index contributed by atoms with van der Waals surface area (Å²) in [6, 6.07) is 0. The zero-order chi connectivity index (χ0) is 9.68. The van der Waals surface area contributed by atoms with Crippen LogP contribution in [-0.4, -0.2) is 31.0 Å². The molecule has 0 bridgehead atoms. The summed E-state index contributed by atoms with van der Waals surface area (Å²) in [4.78, 5) is 0. The molecule has 0 heterocycles. The predicted molar refractivity (Wildman–Crippen MR) is 52.4 cm³/mol. The van der Waals surface area contributed by atoms with Crippen LogP contribution in [-0.2, 0) is 4.74 Å². The first-order valence-electron chi connectivity index (χ1n) is 5.20. The number of ether oxygens (including phenoxy) is 1. The number of nitrogens with two attached hydrogens (primary N) is 1. The van der Waals surface area contributed by atoms with Gasteiger partial charge in [-0.25, -0.2) is 0 Å². The molecule has 0 aliphatic heterocycles. The van der Waals surface area contributed by atoms with Crippen LogP contribution in [0.3, 0.4) is 0 Å². The highest BCUT2D eigenvalue weighted by atomic mass is 16.5. The van der Waals surface area contributed by atoms with Gasteiger partial charge < -0.3 is 15.6 Å². The Hall–Kier alpha value is -0.120. The molecule has 78 valence electrons. The second-order valence-corrected chi connectivity index (χ2v) is 4.07. The fourth-order valence-corrected chi connectivity index (χ4v) is 2.03. The second kappa shape index (κ2) is 5.58. The number of aliphatic hydroxyl groups excluding tert-OH is 1. The molecule has 0 radical (unpaired) electrons. The van der Waals surface area contributed by atoms with Crippen LogP contribution < -0.4 is 5.73 Å². The number of hydrogen-bond donors (Lipinski definition) is 2. The normalized spacial score (nSPS) is 30.7. The summed E-state index contributed by atoms with van der Waals surface area (Å²) in [5.41, 5.74) is 5.65. The highest BCUT2D eigenvalue weighted by Gasteiger charge is 2.25. The Bertz CT molecular complexity index is 139. The van der Waals surface area contributed by atoms with Crippen molar-refractivity contribution in [2.24, 2.45) is 17.6 Å². The Kier molecular flexibility index (Phi) is 4.70. The van der Waals surface area contributed by atoms with E-state index in [-0.39, 0.29) is 6.10 Å². The number of aliphatic hydroxyl groups is 1. The first-order chi connectivity index (χ1) is 6.24. The van der Waals surface area contributed by atoms with Gasteiger partial charge in [0.1, 0.15) is 0 Å². The second-order valence-electron chi connectivity index (χ2n) is 4.07. The minimum Gasteiger partial charge on any atom is -0.391 e. The van der Waals surface area contributed by atoms with Crippen molar-refractivity contribution >= 4 is 0 Å². The zero-order valence-electron chi connectivity index (χ0n) is 8.41. The molecule has 0 saturated heterocycles. The number of rotatable bonds is 5. The summed E-state index contributed by atoms with van der Waals surface area (Å²) in [5.74, 6) is 1.28. The Morgan fingerprint density at radius 2 is 2.15 bits per heavy atom. The van der Waals surface area contributed by atoms with Gasteiger partial charge in [-0.1, -0.05) is 6.42 Å². The molecule has 3 N–H and O–H groups in total. The van der Waals surface area contributed by atoms with Crippen molar-refractivity contribution in [3.8, 4) is 0 Å². The van der Waals surface area contributed by atoms with Crippen LogP contribution in [0.4, 0.5) is 0 Å². The quantitative estimate of drug-likeness (QED) is 0.668. The third-order valence-electron chi connectivity index (χ3n) is 2.81. The van der Waals surface area contributed by atoms with E-state index < -0.39 is 0 Å². The van der Waals surface area contributed by atoms with E-state index in [0.29, 0.717) is 18.4 Å². The Balaban J connectivity index is 2.13. The molecule has 1 saturated carbocycles. The summed E-state index contributed by atoms with van der Waals surface area (Å²) in [5, 5.41) is 9.00. The third kappa shape index (κ3) is 3.63. The molecular weight excluding hydrogens is 166 g/mol. The lowest BCUT2D eigenvalue weighted by Crippen LogP contribution is -2.23. The standard InChI is InChI=1S/C10H21NO2/c1-8(12)6-13-7-10-4-2-3-9(10)5-11/h8-10,12H,2-7,11H2,1H3. The van der Waals surface area contributed by atoms with Crippen LogP contribution in [0, 0.1) is 11.8 Å². The van der Waals surface area contributed by atoms with Crippen molar-refractivity contribution in [2.75, 3.05) is 19.8 Å². The van der Waals surface area contributed by atoms with E-state index in [0.717, 1.165) is 13.2 Å². The maximum Gasteiger partial charge on any atom is 0.0745 e. The maximum atomic E-state index is 9.00. The molecule has 3 unspecified atom stereocenters. The fourth-order valence-electron chi connectivity index (χ4n) is 2.03. The summed E-state index contributed by atoms with van der Waals surface area (Å²) in [6.07, 6.45) is 3.42. The van der Waals surface area contributed by atoms with E-state index in [2.05, 4.69) is 0 Å². The van der Waals surface area contributed by atoms with Crippen molar-refractivity contribution in [3.63, 3.8) is 0 Å². The summed E-state index contributed by atoms with van der Waals surface area (Å²) in [6.45, 7) is 3.75. The summed E-state index contributed by atoms with van der Waals surface area (Å²) < 4.78 is 5.41. The van der Waals surface area contributed by atoms with Gasteiger partial charge in [0.2, 0.25) is 0 Å². The molecule has 0 aromatic rings. The Morgan fingerprint density at radius 1 is 1.46 bits per heavy atom. The topological polar surface area (TPSA) is 55.5 Å². The van der Waals surface area contributed by atoms with Crippen LogP contribution in [0.2, 0.25) is 0 Å². The van der Waals surface area contributed by atoms with Crippen LogP contribution >= 0.6 is 0 Å². The largest absolute Gasteiger partial charge is 0.391 e. The van der Waals surface area contributed by atoms with Gasteiger partial charge in [0.05, 0.1) is 12.7 Å². The van der Waals surface area contributed by atoms with Crippen LogP contribution in [0.25, 0.3) is 0 Å². The molecule has 0 aromatic carbocycles. The molecule has 3 nitrogen and oxygen atoms in total. The van der Waals surface area contributed by atoms with Crippen molar-refractivity contribution in [1.29, 1.82) is 0 Å². The average Bonchev–Trinajstić information content (AvgIpc) is 2.51. The molecule has 3 heteroatoms. The first kappa shape index (κ1) is 11.0. The lowest BCUT2D eigenvalue weighted by atomic mass is 9.97. The van der Waals surface area contributed by atoms with Gasteiger partial charge in [-0.2, -0.15) is 0 Å². The molecule has 1 rings (SSSR count). The van der Waals surface area contributed by atoms with Gasteiger partial charge in [0.25, 0.3) is 0 Å². The highest BCUT2D eigenvalue weighted by Crippen LogP contribution is 2.30. The molecule has 13 heavy (non-hydrogen) atoms. The SMILES string of the molecule is CC(O)COCC1CCCC1CN. The van der Waals surface area contributed by atoms with Gasteiger partial charge in [-0.15, -0.1) is 0 Å². The van der Waals surface area contributed by atoms with E-state index in [1.165, 1.54) is 19.3 Å². The monoisotopic (exact) mass is 187 g/mol. The van der Waals surface area contributed by atoms with E-state index in [4.69, 9.17) is 15.6 Å². The predicted octanol–water partition coefficient (Wildman–Crippen LogP) is 0.759. The third-order valence-corrected chi connectivity index (χ3v) is 2.81. The van der Waals surface area contributed by atoms with Gasteiger partial charge in [-0.05, 0) is 38.1 Å². The van der Waals surface area contributed by atoms with Crippen molar-refractivity contribution in [2.45, 2.75) is 32.3 Å². The van der Waals surface area contributed by atoms with Gasteiger partial charge in [0, 0.05) is 6.61 Å². The highest BCUT2D eigenvalue weighted by molar-refractivity contribution is 4.77. The van der Waals surface area contributed by atoms with Crippen LogP contribution in [0.15, 0.2) is 0 Å². The molecule has 1 fully saturated rings. The molecular formula is C10H21NO2. The molecule has 1 aliphatic rings. The summed E-state index contributed by atoms with van der Waals surface area (Å²) in [7, 11) is 0. The molecule has 1 aliphatic carbocycles. The lowest BCUT2D eigenvalue weighted by Gasteiger charge is -2.18. The Morgan fingerprint density at radius 3 is 2.77 bits per heavy atom. The zero-order valence-corrected chi connectivity index (χ0v) is 8.41. The van der Waals surface area contributed by atoms with Crippen LogP contribution in [0.5, 0.6) is 0 Å². The fraction of sp³-hybridized carbons (Fsp3) is 1.00. The minimum atomic E-state index is -0.349. The maximum absolute atomic E-state index is 9.00. The van der Waals surface area contributed by atoms with Crippen molar-refractivity contribution in [3.05, 3.63) is 0 Å². The van der Waals surface area contributed by atoms with E-state index >= 15 is 0 Å². The van der Waals surface area contributed by atoms with E-state index in [1.807, 2.05) is 0 Å². The molecule has 0 amide bonds. The average molecular weight is 187 g/mol. The van der Waals surface area contributed by atoms with Gasteiger partial charge in [0.15, 0.2) is 0 Å². The van der Waals surface area contributed by atoms with E-state index in [9.17, 15) is 0 Å². The van der Waals surface area contributed by atoms with Crippen molar-refractivity contribution in [1.82, 2.24) is 0 Å². The lowest BCUT2D eigenvalue weighted by molar-refractivity contribution is 0.0235.